The Labute approximate surface area is 85.3 Å². The Kier molecular flexibility index (Phi) is 4.28. The Morgan fingerprint density at radius 1 is 1.07 bits per heavy atom. The smallest absolute Gasteiger partial charge is 0.265 e. The van der Waals surface area contributed by atoms with Crippen molar-refractivity contribution in [1.29, 1.82) is 0 Å². The molecule has 0 amide bonds. The first kappa shape index (κ1) is 14.0. The van der Waals surface area contributed by atoms with Gasteiger partial charge >= 0.3 is 0 Å². The van der Waals surface area contributed by atoms with Gasteiger partial charge in [0, 0.05) is 0 Å². The normalized spacial score (nSPS) is 14.3. The molecule has 6 nitrogen and oxygen atoms in total. The summed E-state index contributed by atoms with van der Waals surface area (Å²) in [6.45, 7) is 4.99. The van der Waals surface area contributed by atoms with Crippen LogP contribution in [0.25, 0.3) is 0 Å². The van der Waals surface area contributed by atoms with Crippen LogP contribution in [0.1, 0.15) is 0 Å². The van der Waals surface area contributed by atoms with Gasteiger partial charge in [-0.05, 0) is 19.6 Å². The average molecular weight is 262 g/mol. The topological polar surface area (TPSA) is 97.7 Å². The lowest BCUT2D eigenvalue weighted by molar-refractivity contribution is 0.473. The molecule has 0 heterocycles. The van der Waals surface area contributed by atoms with Crippen LogP contribution in [0.3, 0.4) is 0 Å². The second-order valence-corrected chi connectivity index (χ2v) is 11.7. The van der Waals surface area contributed by atoms with Crippen molar-refractivity contribution in [3.8, 4) is 0 Å². The van der Waals surface area contributed by atoms with Gasteiger partial charge < -0.3 is 3.87 Å². The molecule has 0 aromatic carbocycles. The van der Waals surface area contributed by atoms with E-state index in [1.807, 2.05) is 0 Å². The molecule has 0 fully saturated rings. The number of hydrogen-bond donors (Lipinski definition) is 1. The lowest BCUT2D eigenvalue weighted by Gasteiger charge is -2.16. The highest BCUT2D eigenvalue weighted by atomic mass is 32.2. The van der Waals surface area contributed by atoms with Gasteiger partial charge in [-0.3, -0.25) is 4.55 Å². The van der Waals surface area contributed by atoms with E-state index in [-0.39, 0.29) is 0 Å². The van der Waals surface area contributed by atoms with Crippen molar-refractivity contribution in [2.45, 2.75) is 19.6 Å². The summed E-state index contributed by atoms with van der Waals surface area (Å²) in [5.41, 5.74) is 0. The minimum atomic E-state index is -4.26. The summed E-state index contributed by atoms with van der Waals surface area (Å²) < 4.78 is 55.9. The van der Waals surface area contributed by atoms with Crippen LogP contribution in [-0.2, 0) is 24.1 Å². The summed E-state index contributed by atoms with van der Waals surface area (Å²) >= 11 is 0. The van der Waals surface area contributed by atoms with Gasteiger partial charge in [0.2, 0.25) is 8.32 Å². The molecule has 0 aliphatic rings. The molecule has 0 aliphatic heterocycles. The van der Waals surface area contributed by atoms with E-state index in [1.54, 1.807) is 19.6 Å². The summed E-state index contributed by atoms with van der Waals surface area (Å²) in [7, 11) is -10.4. The van der Waals surface area contributed by atoms with Crippen molar-refractivity contribution in [2.75, 3.05) is 11.5 Å². The van der Waals surface area contributed by atoms with Gasteiger partial charge in [0.05, 0.1) is 11.5 Å². The molecule has 0 atom stereocenters. The number of hydrogen-bond acceptors (Lipinski definition) is 5. The predicted molar refractivity (Wildman–Crippen MR) is 54.6 cm³/mol. The Bertz CT molecular complexity index is 375. The fraction of sp³-hybridized carbons (Fsp3) is 1.00. The van der Waals surface area contributed by atoms with E-state index in [0.29, 0.717) is 0 Å². The maximum Gasteiger partial charge on any atom is 0.265 e. The fourth-order valence-corrected chi connectivity index (χ4v) is 5.67. The van der Waals surface area contributed by atoms with E-state index in [1.165, 1.54) is 0 Å². The minimum Gasteiger partial charge on any atom is -0.315 e. The first-order valence-corrected chi connectivity index (χ1v) is 10.4. The van der Waals surface area contributed by atoms with Crippen molar-refractivity contribution in [3.05, 3.63) is 0 Å². The third-order valence-electron chi connectivity index (χ3n) is 0.968. The quantitative estimate of drug-likeness (QED) is 0.555. The van der Waals surface area contributed by atoms with Crippen LogP contribution in [0.5, 0.6) is 0 Å². The molecule has 0 saturated carbocycles. The van der Waals surface area contributed by atoms with Gasteiger partial charge in [0.25, 0.3) is 20.2 Å². The lowest BCUT2D eigenvalue weighted by atomic mass is 11.0. The van der Waals surface area contributed by atoms with E-state index < -0.39 is 40.1 Å². The Balaban J connectivity index is 4.39. The van der Waals surface area contributed by atoms with Crippen LogP contribution in [-0.4, -0.2) is 41.2 Å². The van der Waals surface area contributed by atoms with Crippen LogP contribution < -0.4 is 0 Å². The third-order valence-corrected chi connectivity index (χ3v) is 5.67. The largest absolute Gasteiger partial charge is 0.315 e. The van der Waals surface area contributed by atoms with E-state index >= 15 is 0 Å². The zero-order chi connectivity index (χ0) is 11.6. The molecule has 14 heavy (non-hydrogen) atoms. The Hall–Kier alpha value is 0.0369. The van der Waals surface area contributed by atoms with Crippen molar-refractivity contribution in [2.24, 2.45) is 0 Å². The summed E-state index contributed by atoms with van der Waals surface area (Å²) in [6.07, 6.45) is 0. The molecule has 0 aromatic heterocycles. The van der Waals surface area contributed by atoms with Crippen LogP contribution in [0.2, 0.25) is 19.6 Å². The van der Waals surface area contributed by atoms with Crippen molar-refractivity contribution < 1.29 is 25.3 Å². The standard InChI is InChI=1S/C5H14O6S2Si/c1-14(2,3)11-13(9,10)5-4-12(6,7)8/h4-5H2,1-3H3,(H,6,7,8). The highest BCUT2D eigenvalue weighted by Crippen LogP contribution is 2.08. The lowest BCUT2D eigenvalue weighted by Crippen LogP contribution is -2.32. The highest BCUT2D eigenvalue weighted by molar-refractivity contribution is 7.90. The maximum absolute atomic E-state index is 11.1. The molecule has 0 bridgehead atoms. The van der Waals surface area contributed by atoms with Gasteiger partial charge in [-0.1, -0.05) is 0 Å². The predicted octanol–water partition coefficient (Wildman–Crippen LogP) is 0.0555. The molecule has 0 aromatic rings. The van der Waals surface area contributed by atoms with Crippen LogP contribution in [0, 0.1) is 0 Å². The molecule has 0 saturated heterocycles. The zero-order valence-electron chi connectivity index (χ0n) is 8.22. The first-order chi connectivity index (χ1) is 5.91. The molecule has 9 heteroatoms. The molecule has 1 N–H and O–H groups in total. The van der Waals surface area contributed by atoms with Crippen molar-refractivity contribution in [1.82, 2.24) is 0 Å². The third kappa shape index (κ3) is 8.63. The molecular weight excluding hydrogens is 248 g/mol. The Morgan fingerprint density at radius 3 is 1.79 bits per heavy atom. The van der Waals surface area contributed by atoms with E-state index in [0.717, 1.165) is 0 Å². The molecule has 0 aliphatic carbocycles. The molecular formula is C5H14O6S2Si. The molecule has 0 unspecified atom stereocenters. The van der Waals surface area contributed by atoms with E-state index in [9.17, 15) is 16.8 Å². The second-order valence-electron chi connectivity index (χ2n) is 3.74. The average Bonchev–Trinajstić information content (AvgIpc) is 1.76. The number of rotatable bonds is 5. The van der Waals surface area contributed by atoms with Crippen molar-refractivity contribution in [3.63, 3.8) is 0 Å². The zero-order valence-corrected chi connectivity index (χ0v) is 10.9. The summed E-state index contributed by atoms with van der Waals surface area (Å²) in [5, 5.41) is 0. The SMILES string of the molecule is C[Si](C)(C)OS(=O)(=O)CCS(=O)(=O)O. The van der Waals surface area contributed by atoms with Crippen molar-refractivity contribution >= 4 is 28.6 Å². The monoisotopic (exact) mass is 262 g/mol. The second kappa shape index (κ2) is 4.27. The molecule has 0 radical (unpaired) electrons. The van der Waals surface area contributed by atoms with Gasteiger partial charge in [-0.2, -0.15) is 8.42 Å². The molecule has 0 spiro atoms. The van der Waals surface area contributed by atoms with E-state index in [2.05, 4.69) is 0 Å². The van der Waals surface area contributed by atoms with Gasteiger partial charge in [-0.25, -0.2) is 8.42 Å². The maximum atomic E-state index is 11.1. The first-order valence-electron chi connectivity index (χ1n) is 3.80. The van der Waals surface area contributed by atoms with Crippen LogP contribution >= 0.6 is 0 Å². The Morgan fingerprint density at radius 2 is 1.50 bits per heavy atom. The van der Waals surface area contributed by atoms with Crippen LogP contribution in [0.4, 0.5) is 0 Å². The van der Waals surface area contributed by atoms with Gasteiger partial charge in [0.1, 0.15) is 0 Å². The summed E-state index contributed by atoms with van der Waals surface area (Å²) in [5.74, 6) is -1.55. The van der Waals surface area contributed by atoms with Gasteiger partial charge in [-0.15, -0.1) is 0 Å². The van der Waals surface area contributed by atoms with Gasteiger partial charge in [0.15, 0.2) is 0 Å². The summed E-state index contributed by atoms with van der Waals surface area (Å²) in [6, 6.07) is 0. The fourth-order valence-electron chi connectivity index (χ4n) is 0.630. The summed E-state index contributed by atoms with van der Waals surface area (Å²) in [4.78, 5) is 0. The van der Waals surface area contributed by atoms with E-state index in [4.69, 9.17) is 8.42 Å². The highest BCUT2D eigenvalue weighted by Gasteiger charge is 2.25. The molecule has 86 valence electrons. The minimum absolute atomic E-state index is 0.712. The molecule has 0 rings (SSSR count). The van der Waals surface area contributed by atoms with Crippen LogP contribution in [0.15, 0.2) is 0 Å².